The molecule has 1 atom stereocenters. The Bertz CT molecular complexity index is 252. The fourth-order valence-corrected chi connectivity index (χ4v) is 2.45. The second-order valence-corrected chi connectivity index (χ2v) is 7.82. The zero-order valence-electron chi connectivity index (χ0n) is 14.2. The highest BCUT2D eigenvalue weighted by Gasteiger charge is 2.34. The van der Waals surface area contributed by atoms with Gasteiger partial charge < -0.3 is 5.32 Å². The third kappa shape index (κ3) is 6.76. The summed E-state index contributed by atoms with van der Waals surface area (Å²) in [6.45, 7) is 17.6. The molecule has 2 nitrogen and oxygen atoms in total. The van der Waals surface area contributed by atoms with Crippen molar-refractivity contribution in [3.05, 3.63) is 0 Å². The SMILES string of the molecule is CCCCN(CC(C)(CC)CNC(C)(C)C)C1CC1. The fraction of sp³-hybridized carbons (Fsp3) is 1.00. The molecule has 1 fully saturated rings. The molecule has 0 heterocycles. The fourth-order valence-electron chi connectivity index (χ4n) is 2.45. The number of hydrogen-bond acceptors (Lipinski definition) is 2. The number of nitrogens with zero attached hydrogens (tertiary/aromatic N) is 1. The van der Waals surface area contributed by atoms with Gasteiger partial charge in [-0.25, -0.2) is 0 Å². The van der Waals surface area contributed by atoms with Crippen molar-refractivity contribution in [2.75, 3.05) is 19.6 Å². The molecule has 0 amide bonds. The zero-order chi connectivity index (χ0) is 14.5. The van der Waals surface area contributed by atoms with Gasteiger partial charge in [-0.1, -0.05) is 27.2 Å². The van der Waals surface area contributed by atoms with Crippen molar-refractivity contribution in [3.63, 3.8) is 0 Å². The third-order valence-corrected chi connectivity index (χ3v) is 4.35. The van der Waals surface area contributed by atoms with Gasteiger partial charge in [-0.3, -0.25) is 4.90 Å². The summed E-state index contributed by atoms with van der Waals surface area (Å²) in [6, 6.07) is 0.895. The van der Waals surface area contributed by atoms with Crippen molar-refractivity contribution in [2.24, 2.45) is 5.41 Å². The van der Waals surface area contributed by atoms with E-state index in [9.17, 15) is 0 Å². The van der Waals surface area contributed by atoms with E-state index in [2.05, 4.69) is 51.8 Å². The Morgan fingerprint density at radius 3 is 2.16 bits per heavy atom. The molecule has 0 saturated heterocycles. The monoisotopic (exact) mass is 268 g/mol. The van der Waals surface area contributed by atoms with Gasteiger partial charge in [-0.2, -0.15) is 0 Å². The van der Waals surface area contributed by atoms with Crippen molar-refractivity contribution in [3.8, 4) is 0 Å². The van der Waals surface area contributed by atoms with Gasteiger partial charge in [-0.05, 0) is 58.4 Å². The molecule has 1 aliphatic carbocycles. The summed E-state index contributed by atoms with van der Waals surface area (Å²) in [5, 5.41) is 3.71. The molecule has 1 saturated carbocycles. The molecule has 1 unspecified atom stereocenters. The molecule has 19 heavy (non-hydrogen) atoms. The summed E-state index contributed by atoms with van der Waals surface area (Å²) in [5.74, 6) is 0. The second kappa shape index (κ2) is 7.08. The van der Waals surface area contributed by atoms with E-state index in [1.54, 1.807) is 0 Å². The smallest absolute Gasteiger partial charge is 0.00967 e. The summed E-state index contributed by atoms with van der Waals surface area (Å²) < 4.78 is 0. The highest BCUT2D eigenvalue weighted by molar-refractivity contribution is 4.90. The van der Waals surface area contributed by atoms with Crippen LogP contribution in [-0.2, 0) is 0 Å². The molecule has 0 aromatic carbocycles. The van der Waals surface area contributed by atoms with Gasteiger partial charge in [0.1, 0.15) is 0 Å². The first-order chi connectivity index (χ1) is 8.79. The van der Waals surface area contributed by atoms with Crippen LogP contribution in [-0.4, -0.2) is 36.1 Å². The van der Waals surface area contributed by atoms with Gasteiger partial charge in [0.2, 0.25) is 0 Å². The lowest BCUT2D eigenvalue weighted by molar-refractivity contribution is 0.138. The van der Waals surface area contributed by atoms with Crippen LogP contribution in [0.2, 0.25) is 0 Å². The number of unbranched alkanes of at least 4 members (excludes halogenated alkanes) is 1. The van der Waals surface area contributed by atoms with E-state index in [0.717, 1.165) is 12.6 Å². The third-order valence-electron chi connectivity index (χ3n) is 4.35. The maximum Gasteiger partial charge on any atom is 0.00967 e. The van der Waals surface area contributed by atoms with E-state index in [-0.39, 0.29) is 5.54 Å². The first kappa shape index (κ1) is 17.0. The molecule has 0 aromatic rings. The minimum absolute atomic E-state index is 0.226. The lowest BCUT2D eigenvalue weighted by Gasteiger charge is -2.37. The molecule has 0 radical (unpaired) electrons. The molecule has 0 aliphatic heterocycles. The molecule has 1 N–H and O–H groups in total. The normalized spacial score (nSPS) is 19.7. The Morgan fingerprint density at radius 2 is 1.74 bits per heavy atom. The van der Waals surface area contributed by atoms with Gasteiger partial charge in [0.05, 0.1) is 0 Å². The van der Waals surface area contributed by atoms with Crippen molar-refractivity contribution in [1.29, 1.82) is 0 Å². The van der Waals surface area contributed by atoms with Crippen LogP contribution in [0.25, 0.3) is 0 Å². The lowest BCUT2D eigenvalue weighted by Crippen LogP contribution is -2.48. The van der Waals surface area contributed by atoms with Gasteiger partial charge in [0.25, 0.3) is 0 Å². The molecule has 1 rings (SSSR count). The molecule has 2 heteroatoms. The van der Waals surface area contributed by atoms with Crippen LogP contribution in [0.3, 0.4) is 0 Å². The molecule has 0 spiro atoms. The van der Waals surface area contributed by atoms with E-state index < -0.39 is 0 Å². The average Bonchev–Trinajstić information content (AvgIpc) is 3.15. The summed E-state index contributed by atoms with van der Waals surface area (Å²) in [6.07, 6.45) is 6.77. The topological polar surface area (TPSA) is 15.3 Å². The maximum atomic E-state index is 3.71. The quantitative estimate of drug-likeness (QED) is 0.678. The number of nitrogens with one attached hydrogen (secondary N) is 1. The summed E-state index contributed by atoms with van der Waals surface area (Å²) in [7, 11) is 0. The van der Waals surface area contributed by atoms with E-state index in [1.807, 2.05) is 0 Å². The van der Waals surface area contributed by atoms with E-state index in [4.69, 9.17) is 0 Å². The van der Waals surface area contributed by atoms with E-state index in [0.29, 0.717) is 5.41 Å². The summed E-state index contributed by atoms with van der Waals surface area (Å²) in [5.41, 5.74) is 0.633. The Morgan fingerprint density at radius 1 is 1.11 bits per heavy atom. The zero-order valence-corrected chi connectivity index (χ0v) is 14.2. The van der Waals surface area contributed by atoms with Gasteiger partial charge in [0.15, 0.2) is 0 Å². The predicted molar refractivity (Wildman–Crippen MR) is 85.7 cm³/mol. The largest absolute Gasteiger partial charge is 0.311 e. The summed E-state index contributed by atoms with van der Waals surface area (Å²) in [4.78, 5) is 2.76. The predicted octanol–water partition coefficient (Wildman–Crippen LogP) is 4.06. The molecule has 114 valence electrons. The van der Waals surface area contributed by atoms with E-state index in [1.165, 1.54) is 45.2 Å². The highest BCUT2D eigenvalue weighted by atomic mass is 15.2. The van der Waals surface area contributed by atoms with Crippen LogP contribution >= 0.6 is 0 Å². The minimum Gasteiger partial charge on any atom is -0.311 e. The van der Waals surface area contributed by atoms with Crippen LogP contribution in [0.4, 0.5) is 0 Å². The van der Waals surface area contributed by atoms with Crippen LogP contribution in [0, 0.1) is 5.41 Å². The molecular weight excluding hydrogens is 232 g/mol. The first-order valence-electron chi connectivity index (χ1n) is 8.29. The lowest BCUT2D eigenvalue weighted by atomic mass is 9.85. The van der Waals surface area contributed by atoms with Crippen LogP contribution in [0.1, 0.15) is 73.6 Å². The Hall–Kier alpha value is -0.0800. The van der Waals surface area contributed by atoms with E-state index >= 15 is 0 Å². The molecular formula is C17H36N2. The molecule has 0 bridgehead atoms. The van der Waals surface area contributed by atoms with Gasteiger partial charge in [-0.15, -0.1) is 0 Å². The van der Waals surface area contributed by atoms with Crippen LogP contribution in [0.15, 0.2) is 0 Å². The number of rotatable bonds is 9. The van der Waals surface area contributed by atoms with Crippen molar-refractivity contribution in [2.45, 2.75) is 85.2 Å². The van der Waals surface area contributed by atoms with Gasteiger partial charge in [0, 0.05) is 24.7 Å². The standard InChI is InChI=1S/C17H36N2/c1-7-9-12-19(15-10-11-15)14-17(6,8-2)13-18-16(3,4)5/h15,18H,7-14H2,1-6H3. The maximum absolute atomic E-state index is 3.71. The minimum atomic E-state index is 0.226. The van der Waals surface area contributed by atoms with Crippen molar-refractivity contribution in [1.82, 2.24) is 10.2 Å². The van der Waals surface area contributed by atoms with Crippen molar-refractivity contribution >= 4 is 0 Å². The molecule has 1 aliphatic rings. The van der Waals surface area contributed by atoms with Gasteiger partial charge >= 0.3 is 0 Å². The summed E-state index contributed by atoms with van der Waals surface area (Å²) >= 11 is 0. The second-order valence-electron chi connectivity index (χ2n) is 7.82. The highest BCUT2D eigenvalue weighted by Crippen LogP contribution is 2.32. The Labute approximate surface area is 121 Å². The first-order valence-corrected chi connectivity index (χ1v) is 8.29. The molecule has 0 aromatic heterocycles. The average molecular weight is 268 g/mol. The Balaban J connectivity index is 2.50. The number of hydrogen-bond donors (Lipinski definition) is 1. The Kier molecular flexibility index (Phi) is 6.32. The van der Waals surface area contributed by atoms with Crippen molar-refractivity contribution < 1.29 is 0 Å². The van der Waals surface area contributed by atoms with Crippen LogP contribution < -0.4 is 5.32 Å². The van der Waals surface area contributed by atoms with Crippen LogP contribution in [0.5, 0.6) is 0 Å².